The second-order valence-corrected chi connectivity index (χ2v) is 7.28. The molecule has 20 heavy (non-hydrogen) atoms. The maximum Gasteiger partial charge on any atom is 0.262 e. The molecule has 8 heteroatoms. The zero-order valence-corrected chi connectivity index (χ0v) is 13.9. The molecule has 2 rings (SSSR count). The van der Waals surface area contributed by atoms with E-state index in [9.17, 15) is 12.8 Å². The summed E-state index contributed by atoms with van der Waals surface area (Å²) < 4.78 is 41.1. The van der Waals surface area contributed by atoms with Crippen LogP contribution in [-0.4, -0.2) is 8.42 Å². The van der Waals surface area contributed by atoms with E-state index in [2.05, 4.69) is 36.6 Å². The Kier molecular flexibility index (Phi) is 4.36. The molecule has 0 unspecified atom stereocenters. The molecular formula is C12H9Br2FN2O2S. The summed E-state index contributed by atoms with van der Waals surface area (Å²) in [5, 5.41) is 0. The second kappa shape index (κ2) is 5.71. The lowest BCUT2D eigenvalue weighted by atomic mass is 10.3. The number of hydrogen-bond acceptors (Lipinski definition) is 3. The van der Waals surface area contributed by atoms with E-state index < -0.39 is 15.8 Å². The minimum Gasteiger partial charge on any atom is -0.398 e. The minimum atomic E-state index is -3.92. The van der Waals surface area contributed by atoms with Gasteiger partial charge in [-0.1, -0.05) is 6.07 Å². The van der Waals surface area contributed by atoms with Crippen LogP contribution in [0.5, 0.6) is 0 Å². The first-order valence-electron chi connectivity index (χ1n) is 5.33. The number of nitrogens with one attached hydrogen (secondary N) is 1. The van der Waals surface area contributed by atoms with Crippen LogP contribution in [0.4, 0.5) is 15.8 Å². The van der Waals surface area contributed by atoms with Crippen molar-refractivity contribution in [2.24, 2.45) is 0 Å². The number of para-hydroxylation sites is 1. The average Bonchev–Trinajstić information content (AvgIpc) is 2.37. The van der Waals surface area contributed by atoms with Crippen molar-refractivity contribution in [1.29, 1.82) is 0 Å². The number of nitrogens with two attached hydrogens (primary N) is 1. The van der Waals surface area contributed by atoms with E-state index in [0.717, 1.165) is 0 Å². The first-order chi connectivity index (χ1) is 9.31. The van der Waals surface area contributed by atoms with Gasteiger partial charge in [0.1, 0.15) is 5.82 Å². The van der Waals surface area contributed by atoms with Crippen LogP contribution in [0.25, 0.3) is 0 Å². The second-order valence-electron chi connectivity index (χ2n) is 3.89. The third-order valence-corrected chi connectivity index (χ3v) is 5.21. The van der Waals surface area contributed by atoms with Gasteiger partial charge in [-0.15, -0.1) is 0 Å². The van der Waals surface area contributed by atoms with E-state index in [1.165, 1.54) is 36.4 Å². The SMILES string of the molecule is Nc1cc(S(=O)(=O)Nc2c(F)cccc2Br)ccc1Br. The van der Waals surface area contributed by atoms with Crippen molar-refractivity contribution in [3.05, 3.63) is 51.2 Å². The fraction of sp³-hybridized carbons (Fsp3) is 0. The van der Waals surface area contributed by atoms with Crippen molar-refractivity contribution in [3.8, 4) is 0 Å². The molecule has 4 nitrogen and oxygen atoms in total. The number of rotatable bonds is 3. The Bertz CT molecular complexity index is 746. The lowest BCUT2D eigenvalue weighted by Gasteiger charge is -2.11. The summed E-state index contributed by atoms with van der Waals surface area (Å²) in [6, 6.07) is 8.35. The quantitative estimate of drug-likeness (QED) is 0.738. The van der Waals surface area contributed by atoms with Crippen molar-refractivity contribution < 1.29 is 12.8 Å². The summed E-state index contributed by atoms with van der Waals surface area (Å²) in [5.41, 5.74) is 5.78. The van der Waals surface area contributed by atoms with Crippen LogP contribution in [-0.2, 0) is 10.0 Å². The van der Waals surface area contributed by atoms with Gasteiger partial charge < -0.3 is 5.73 Å². The van der Waals surface area contributed by atoms with Crippen molar-refractivity contribution in [3.63, 3.8) is 0 Å². The van der Waals surface area contributed by atoms with Crippen LogP contribution in [0.1, 0.15) is 0 Å². The highest BCUT2D eigenvalue weighted by molar-refractivity contribution is 9.11. The Morgan fingerprint density at radius 2 is 1.80 bits per heavy atom. The smallest absolute Gasteiger partial charge is 0.262 e. The molecule has 0 amide bonds. The van der Waals surface area contributed by atoms with Gasteiger partial charge in [-0.3, -0.25) is 4.72 Å². The first-order valence-corrected chi connectivity index (χ1v) is 8.40. The van der Waals surface area contributed by atoms with Crippen molar-refractivity contribution >= 4 is 53.3 Å². The number of sulfonamides is 1. The Hall–Kier alpha value is -1.12. The normalized spacial score (nSPS) is 11.3. The van der Waals surface area contributed by atoms with Crippen LogP contribution in [0.15, 0.2) is 50.2 Å². The molecule has 0 heterocycles. The summed E-state index contributed by atoms with van der Waals surface area (Å²) in [4.78, 5) is -0.0478. The Morgan fingerprint density at radius 3 is 2.40 bits per heavy atom. The highest BCUT2D eigenvalue weighted by Gasteiger charge is 2.18. The first kappa shape index (κ1) is 15.3. The lowest BCUT2D eigenvalue weighted by Crippen LogP contribution is -2.14. The standard InChI is InChI=1S/C12H9Br2FN2O2S/c13-8-5-4-7(6-11(8)16)20(18,19)17-12-9(14)2-1-3-10(12)15/h1-6,17H,16H2. The van der Waals surface area contributed by atoms with Crippen molar-refractivity contribution in [2.75, 3.05) is 10.5 Å². The Labute approximate surface area is 132 Å². The molecule has 0 fully saturated rings. The molecular weight excluding hydrogens is 415 g/mol. The Balaban J connectivity index is 2.43. The molecule has 0 aromatic heterocycles. The molecule has 0 spiro atoms. The number of benzene rings is 2. The third kappa shape index (κ3) is 3.13. The van der Waals surface area contributed by atoms with Gasteiger partial charge in [0.05, 0.1) is 10.6 Å². The summed E-state index contributed by atoms with van der Waals surface area (Å²) >= 11 is 6.28. The van der Waals surface area contributed by atoms with Gasteiger partial charge in [0, 0.05) is 14.6 Å². The molecule has 0 saturated carbocycles. The van der Waals surface area contributed by atoms with Crippen molar-refractivity contribution in [2.45, 2.75) is 4.90 Å². The van der Waals surface area contributed by atoms with Crippen LogP contribution in [0, 0.1) is 5.82 Å². The number of hydrogen-bond donors (Lipinski definition) is 2. The largest absolute Gasteiger partial charge is 0.398 e. The fourth-order valence-electron chi connectivity index (χ4n) is 1.48. The van der Waals surface area contributed by atoms with E-state index in [-0.39, 0.29) is 16.3 Å². The highest BCUT2D eigenvalue weighted by Crippen LogP contribution is 2.29. The number of anilines is 2. The zero-order valence-electron chi connectivity index (χ0n) is 9.90. The number of nitrogen functional groups attached to an aromatic ring is 1. The maximum atomic E-state index is 13.7. The van der Waals surface area contributed by atoms with E-state index >= 15 is 0 Å². The molecule has 0 atom stereocenters. The monoisotopic (exact) mass is 422 g/mol. The topological polar surface area (TPSA) is 72.2 Å². The predicted octanol–water partition coefficient (Wildman–Crippen LogP) is 3.73. The van der Waals surface area contributed by atoms with Crippen LogP contribution < -0.4 is 10.5 Å². The van der Waals surface area contributed by atoms with Crippen LogP contribution in [0.3, 0.4) is 0 Å². The van der Waals surface area contributed by atoms with Crippen LogP contribution >= 0.6 is 31.9 Å². The van der Waals surface area contributed by atoms with Gasteiger partial charge >= 0.3 is 0 Å². The van der Waals surface area contributed by atoms with Gasteiger partial charge in [0.2, 0.25) is 0 Å². The average molecular weight is 424 g/mol. The van der Waals surface area contributed by atoms with E-state index in [1.807, 2.05) is 0 Å². The highest BCUT2D eigenvalue weighted by atomic mass is 79.9. The Morgan fingerprint density at radius 1 is 1.10 bits per heavy atom. The predicted molar refractivity (Wildman–Crippen MR) is 83.5 cm³/mol. The van der Waals surface area contributed by atoms with E-state index in [0.29, 0.717) is 8.95 Å². The van der Waals surface area contributed by atoms with E-state index in [1.54, 1.807) is 0 Å². The molecule has 0 aliphatic carbocycles. The molecule has 0 saturated heterocycles. The van der Waals surface area contributed by atoms with Gasteiger partial charge in [-0.2, -0.15) is 0 Å². The summed E-state index contributed by atoms with van der Waals surface area (Å²) in [7, 11) is -3.92. The summed E-state index contributed by atoms with van der Waals surface area (Å²) in [5.74, 6) is -0.673. The third-order valence-electron chi connectivity index (χ3n) is 2.48. The van der Waals surface area contributed by atoms with Gasteiger partial charge in [-0.25, -0.2) is 12.8 Å². The lowest BCUT2D eigenvalue weighted by molar-refractivity contribution is 0.598. The van der Waals surface area contributed by atoms with E-state index in [4.69, 9.17) is 5.73 Å². The molecule has 106 valence electrons. The number of halogens is 3. The van der Waals surface area contributed by atoms with Crippen LogP contribution in [0.2, 0.25) is 0 Å². The molecule has 3 N–H and O–H groups in total. The molecule has 2 aromatic carbocycles. The summed E-state index contributed by atoms with van der Waals surface area (Å²) in [6.07, 6.45) is 0. The fourth-order valence-corrected chi connectivity index (χ4v) is 3.42. The van der Waals surface area contributed by atoms with Crippen molar-refractivity contribution in [1.82, 2.24) is 0 Å². The minimum absolute atomic E-state index is 0.0478. The van der Waals surface area contributed by atoms with Gasteiger partial charge in [0.15, 0.2) is 0 Å². The summed E-state index contributed by atoms with van der Waals surface area (Å²) in [6.45, 7) is 0. The zero-order chi connectivity index (χ0) is 14.9. The molecule has 0 radical (unpaired) electrons. The van der Waals surface area contributed by atoms with Gasteiger partial charge in [0.25, 0.3) is 10.0 Å². The maximum absolute atomic E-state index is 13.7. The molecule has 2 aromatic rings. The molecule has 0 aliphatic rings. The van der Waals surface area contributed by atoms with Gasteiger partial charge in [-0.05, 0) is 62.2 Å². The molecule has 0 aliphatic heterocycles. The molecule has 0 bridgehead atoms.